The highest BCUT2D eigenvalue weighted by atomic mass is 16.5. The zero-order valence-electron chi connectivity index (χ0n) is 6.94. The molecule has 11 heavy (non-hydrogen) atoms. The van der Waals surface area contributed by atoms with Crippen LogP contribution in [0.5, 0.6) is 0 Å². The van der Waals surface area contributed by atoms with Crippen molar-refractivity contribution in [2.75, 3.05) is 26.2 Å². The van der Waals surface area contributed by atoms with E-state index in [1.165, 1.54) is 6.04 Å². The molecular formula is C8H15N2O. The third-order valence-electron chi connectivity index (χ3n) is 2.67. The van der Waals surface area contributed by atoms with Gasteiger partial charge in [-0.05, 0) is 19.9 Å². The predicted molar refractivity (Wildman–Crippen MR) is 43.1 cm³/mol. The molecule has 1 spiro atoms. The largest absolute Gasteiger partial charge is 0.370 e. The highest BCUT2D eigenvalue weighted by molar-refractivity contribution is 5.12. The van der Waals surface area contributed by atoms with Gasteiger partial charge in [0, 0.05) is 13.1 Å². The second-order valence-electron chi connectivity index (χ2n) is 3.32. The van der Waals surface area contributed by atoms with E-state index >= 15 is 0 Å². The third kappa shape index (κ3) is 1.17. The van der Waals surface area contributed by atoms with E-state index in [-0.39, 0.29) is 5.60 Å². The van der Waals surface area contributed by atoms with E-state index in [4.69, 9.17) is 4.74 Å². The Morgan fingerprint density at radius 1 is 1.45 bits per heavy atom. The smallest absolute Gasteiger partial charge is 0.102 e. The maximum atomic E-state index is 5.78. The Labute approximate surface area is 67.5 Å². The monoisotopic (exact) mass is 155 g/mol. The van der Waals surface area contributed by atoms with Crippen molar-refractivity contribution in [3.05, 3.63) is 6.04 Å². The van der Waals surface area contributed by atoms with Crippen molar-refractivity contribution in [1.82, 2.24) is 10.6 Å². The minimum absolute atomic E-state index is 0.0260. The van der Waals surface area contributed by atoms with Crippen LogP contribution < -0.4 is 10.6 Å². The zero-order valence-corrected chi connectivity index (χ0v) is 6.94. The fraction of sp³-hybridized carbons (Fsp3) is 0.875. The molecule has 0 aromatic heterocycles. The van der Waals surface area contributed by atoms with Crippen LogP contribution in [0.2, 0.25) is 0 Å². The van der Waals surface area contributed by atoms with Gasteiger partial charge >= 0.3 is 0 Å². The normalized spacial score (nSPS) is 40.1. The highest BCUT2D eigenvalue weighted by Crippen LogP contribution is 2.31. The molecule has 0 bridgehead atoms. The first-order valence-electron chi connectivity index (χ1n) is 4.26. The number of ether oxygens (including phenoxy) is 1. The minimum Gasteiger partial charge on any atom is -0.370 e. The quantitative estimate of drug-likeness (QED) is 0.512. The molecule has 1 radical (unpaired) electrons. The van der Waals surface area contributed by atoms with Gasteiger partial charge in [-0.1, -0.05) is 0 Å². The van der Waals surface area contributed by atoms with Crippen molar-refractivity contribution in [2.45, 2.75) is 18.9 Å². The lowest BCUT2D eigenvalue weighted by Gasteiger charge is -2.36. The summed E-state index contributed by atoms with van der Waals surface area (Å²) >= 11 is 0. The molecule has 2 rings (SSSR count). The van der Waals surface area contributed by atoms with Crippen molar-refractivity contribution in [3.63, 3.8) is 0 Å². The first-order valence-corrected chi connectivity index (χ1v) is 4.26. The van der Waals surface area contributed by atoms with Crippen molar-refractivity contribution in [3.8, 4) is 0 Å². The maximum absolute atomic E-state index is 5.78. The molecule has 2 N–H and O–H groups in total. The number of hydrogen-bond donors (Lipinski definition) is 2. The average molecular weight is 155 g/mol. The summed E-state index contributed by atoms with van der Waals surface area (Å²) in [7, 11) is 0. The van der Waals surface area contributed by atoms with Gasteiger partial charge in [0.2, 0.25) is 0 Å². The van der Waals surface area contributed by atoms with Crippen LogP contribution in [0, 0.1) is 6.04 Å². The third-order valence-corrected chi connectivity index (χ3v) is 2.67. The minimum atomic E-state index is 0.0260. The predicted octanol–water partition coefficient (Wildman–Crippen LogP) is -0.110. The Hall–Kier alpha value is -0.120. The SMILES string of the molecule is C[C]1NCCC12CNCCO2. The van der Waals surface area contributed by atoms with Crippen LogP contribution in [0.1, 0.15) is 13.3 Å². The summed E-state index contributed by atoms with van der Waals surface area (Å²) in [5, 5.41) is 6.69. The van der Waals surface area contributed by atoms with E-state index in [1.807, 2.05) is 0 Å². The number of rotatable bonds is 0. The van der Waals surface area contributed by atoms with Crippen LogP contribution in [0.4, 0.5) is 0 Å². The Morgan fingerprint density at radius 2 is 2.36 bits per heavy atom. The fourth-order valence-electron chi connectivity index (χ4n) is 1.86. The van der Waals surface area contributed by atoms with Gasteiger partial charge in [-0.3, -0.25) is 0 Å². The van der Waals surface area contributed by atoms with Crippen LogP contribution in [0.25, 0.3) is 0 Å². The van der Waals surface area contributed by atoms with Crippen LogP contribution in [-0.2, 0) is 4.74 Å². The molecule has 3 heteroatoms. The molecule has 0 saturated carbocycles. The van der Waals surface area contributed by atoms with Crippen molar-refractivity contribution < 1.29 is 4.74 Å². The van der Waals surface area contributed by atoms with Gasteiger partial charge in [0.25, 0.3) is 0 Å². The van der Waals surface area contributed by atoms with Gasteiger partial charge in [-0.15, -0.1) is 0 Å². The van der Waals surface area contributed by atoms with E-state index in [0.717, 1.165) is 32.7 Å². The number of morpholine rings is 1. The van der Waals surface area contributed by atoms with Gasteiger partial charge in [-0.25, -0.2) is 0 Å². The maximum Gasteiger partial charge on any atom is 0.102 e. The Kier molecular flexibility index (Phi) is 1.87. The van der Waals surface area contributed by atoms with Crippen molar-refractivity contribution in [2.24, 2.45) is 0 Å². The molecular weight excluding hydrogens is 140 g/mol. The lowest BCUT2D eigenvalue weighted by molar-refractivity contribution is -0.0474. The van der Waals surface area contributed by atoms with Crippen molar-refractivity contribution in [1.29, 1.82) is 0 Å². The van der Waals surface area contributed by atoms with E-state index in [0.29, 0.717) is 0 Å². The fourth-order valence-corrected chi connectivity index (χ4v) is 1.86. The molecule has 0 aromatic carbocycles. The van der Waals surface area contributed by atoms with Crippen LogP contribution >= 0.6 is 0 Å². The van der Waals surface area contributed by atoms with Crippen LogP contribution in [0.3, 0.4) is 0 Å². The molecule has 2 aliphatic rings. The molecule has 0 amide bonds. The highest BCUT2D eigenvalue weighted by Gasteiger charge is 2.42. The lowest BCUT2D eigenvalue weighted by atomic mass is 9.94. The number of nitrogens with one attached hydrogen (secondary N) is 2. The summed E-state index contributed by atoms with van der Waals surface area (Å²) in [6.07, 6.45) is 1.12. The van der Waals surface area contributed by atoms with Gasteiger partial charge in [0.05, 0.1) is 12.6 Å². The molecule has 0 aromatic rings. The second-order valence-corrected chi connectivity index (χ2v) is 3.32. The van der Waals surface area contributed by atoms with E-state index in [2.05, 4.69) is 17.6 Å². The van der Waals surface area contributed by atoms with E-state index in [9.17, 15) is 0 Å². The van der Waals surface area contributed by atoms with Gasteiger partial charge < -0.3 is 15.4 Å². The van der Waals surface area contributed by atoms with Crippen LogP contribution in [-0.4, -0.2) is 31.8 Å². The topological polar surface area (TPSA) is 33.3 Å². The van der Waals surface area contributed by atoms with Gasteiger partial charge in [0.15, 0.2) is 0 Å². The summed E-state index contributed by atoms with van der Waals surface area (Å²) in [6.45, 7) is 6.01. The summed E-state index contributed by atoms with van der Waals surface area (Å²) in [5.74, 6) is 0. The van der Waals surface area contributed by atoms with Gasteiger partial charge in [0.1, 0.15) is 5.60 Å². The number of hydrogen-bond acceptors (Lipinski definition) is 3. The Bertz CT molecular complexity index is 143. The van der Waals surface area contributed by atoms with Gasteiger partial charge in [-0.2, -0.15) is 0 Å². The summed E-state index contributed by atoms with van der Waals surface area (Å²) in [5.41, 5.74) is 0.0260. The first-order chi connectivity index (χ1) is 5.33. The molecule has 2 fully saturated rings. The second kappa shape index (κ2) is 2.73. The molecule has 1 unspecified atom stereocenters. The summed E-state index contributed by atoms with van der Waals surface area (Å²) < 4.78 is 5.78. The molecule has 2 saturated heterocycles. The van der Waals surface area contributed by atoms with Crippen LogP contribution in [0.15, 0.2) is 0 Å². The average Bonchev–Trinajstić information content (AvgIpc) is 2.36. The molecule has 1 atom stereocenters. The molecule has 0 aliphatic carbocycles. The van der Waals surface area contributed by atoms with E-state index in [1.54, 1.807) is 0 Å². The molecule has 2 aliphatic heterocycles. The zero-order chi connectivity index (χ0) is 7.73. The van der Waals surface area contributed by atoms with E-state index < -0.39 is 0 Å². The summed E-state index contributed by atoms with van der Waals surface area (Å²) in [4.78, 5) is 0. The first kappa shape index (κ1) is 7.53. The Balaban J connectivity index is 2.06. The Morgan fingerprint density at radius 3 is 2.91 bits per heavy atom. The van der Waals surface area contributed by atoms with Crippen molar-refractivity contribution >= 4 is 0 Å². The molecule has 2 heterocycles. The molecule has 63 valence electrons. The molecule has 3 nitrogen and oxygen atoms in total. The summed E-state index contributed by atoms with van der Waals surface area (Å²) in [6, 6.07) is 1.30. The lowest BCUT2D eigenvalue weighted by Crippen LogP contribution is -2.51. The standard InChI is InChI=1S/C8H15N2O/c1-7-8(2-3-10-7)6-9-4-5-11-8/h9-10H,2-6H2,1H3.